The number of carbonyl (C=O) groups excluding carboxylic acids is 1. The maximum atomic E-state index is 11.4. The first kappa shape index (κ1) is 12.4. The third kappa shape index (κ3) is 3.45. The molecule has 82 valence electrons. The van der Waals surface area contributed by atoms with Crippen molar-refractivity contribution in [3.05, 3.63) is 34.9 Å². The Bertz CT molecular complexity index is 358. The smallest absolute Gasteiger partial charge is 0.146 e. The molecule has 0 saturated carbocycles. The van der Waals surface area contributed by atoms with Gasteiger partial charge in [0, 0.05) is 6.42 Å². The van der Waals surface area contributed by atoms with Crippen LogP contribution in [0.2, 0.25) is 0 Å². The van der Waals surface area contributed by atoms with Crippen LogP contribution in [-0.2, 0) is 11.2 Å². The van der Waals surface area contributed by atoms with Crippen molar-refractivity contribution in [1.82, 2.24) is 0 Å². The van der Waals surface area contributed by atoms with Crippen LogP contribution in [0, 0.1) is 13.8 Å². The van der Waals surface area contributed by atoms with E-state index in [1.165, 1.54) is 16.7 Å². The molecule has 0 heterocycles. The maximum Gasteiger partial charge on any atom is 0.146 e. The third-order valence-electron chi connectivity index (χ3n) is 2.60. The van der Waals surface area contributed by atoms with Crippen LogP contribution in [0.4, 0.5) is 0 Å². The fourth-order valence-corrected chi connectivity index (χ4v) is 2.28. The Morgan fingerprint density at radius 2 is 2.07 bits per heavy atom. The van der Waals surface area contributed by atoms with E-state index in [0.29, 0.717) is 6.42 Å². The molecule has 0 aliphatic rings. The van der Waals surface area contributed by atoms with E-state index in [4.69, 9.17) is 0 Å². The zero-order chi connectivity index (χ0) is 11.4. The zero-order valence-electron chi connectivity index (χ0n) is 9.51. The van der Waals surface area contributed by atoms with Crippen molar-refractivity contribution in [3.8, 4) is 0 Å². The molecule has 1 unspecified atom stereocenters. The molecule has 0 fully saturated rings. The number of Topliss-reactive ketones (excluding diaryl/α,β-unsaturated/α-hetero) is 1. The molecule has 0 aliphatic carbocycles. The minimum absolute atomic E-state index is 0.0380. The van der Waals surface area contributed by atoms with Crippen molar-refractivity contribution in [2.24, 2.45) is 0 Å². The molecule has 1 rings (SSSR count). The first-order chi connectivity index (χ1) is 7.04. The predicted octanol–water partition coefficient (Wildman–Crippen LogP) is 3.59. The normalized spacial score (nSPS) is 12.5. The Kier molecular flexibility index (Phi) is 4.52. The highest BCUT2D eigenvalue weighted by molar-refractivity contribution is 9.10. The van der Waals surface area contributed by atoms with E-state index in [0.717, 1.165) is 6.42 Å². The first-order valence-electron chi connectivity index (χ1n) is 5.27. The van der Waals surface area contributed by atoms with Gasteiger partial charge in [-0.25, -0.2) is 0 Å². The van der Waals surface area contributed by atoms with Crippen LogP contribution in [0.1, 0.15) is 30.0 Å². The number of halogens is 1. The van der Waals surface area contributed by atoms with E-state index >= 15 is 0 Å². The summed E-state index contributed by atoms with van der Waals surface area (Å²) in [6.07, 6.45) is 1.39. The Morgan fingerprint density at radius 3 is 2.60 bits per heavy atom. The van der Waals surface area contributed by atoms with Crippen LogP contribution in [0.15, 0.2) is 18.2 Å². The van der Waals surface area contributed by atoms with Gasteiger partial charge in [0.25, 0.3) is 0 Å². The van der Waals surface area contributed by atoms with Gasteiger partial charge in [-0.15, -0.1) is 0 Å². The number of ketones is 1. The van der Waals surface area contributed by atoms with E-state index in [1.807, 2.05) is 6.92 Å². The largest absolute Gasteiger partial charge is 0.298 e. The molecule has 1 aromatic carbocycles. The van der Waals surface area contributed by atoms with E-state index < -0.39 is 0 Å². The second-order valence-electron chi connectivity index (χ2n) is 3.92. The summed E-state index contributed by atoms with van der Waals surface area (Å²) in [7, 11) is 0. The van der Waals surface area contributed by atoms with Crippen LogP contribution in [0.25, 0.3) is 0 Å². The van der Waals surface area contributed by atoms with E-state index in [-0.39, 0.29) is 10.6 Å². The molecule has 0 aliphatic heterocycles. The number of aryl methyl sites for hydroxylation is 2. The third-order valence-corrected chi connectivity index (χ3v) is 3.43. The number of hydrogen-bond acceptors (Lipinski definition) is 1. The number of carbonyl (C=O) groups is 1. The molecule has 0 aromatic heterocycles. The Morgan fingerprint density at radius 1 is 1.40 bits per heavy atom. The minimum Gasteiger partial charge on any atom is -0.298 e. The number of rotatable bonds is 4. The summed E-state index contributed by atoms with van der Waals surface area (Å²) in [4.78, 5) is 11.4. The van der Waals surface area contributed by atoms with Crippen molar-refractivity contribution >= 4 is 21.7 Å². The van der Waals surface area contributed by atoms with Crippen LogP contribution in [0.5, 0.6) is 0 Å². The zero-order valence-corrected chi connectivity index (χ0v) is 11.1. The lowest BCUT2D eigenvalue weighted by Gasteiger charge is -2.10. The average molecular weight is 269 g/mol. The van der Waals surface area contributed by atoms with Crippen LogP contribution in [0.3, 0.4) is 0 Å². The molecule has 0 amide bonds. The van der Waals surface area contributed by atoms with Gasteiger partial charge in [-0.2, -0.15) is 0 Å². The number of benzene rings is 1. The molecular weight excluding hydrogens is 252 g/mol. The second-order valence-corrected chi connectivity index (χ2v) is 5.03. The molecule has 0 N–H and O–H groups in total. The van der Waals surface area contributed by atoms with Gasteiger partial charge in [0.05, 0.1) is 4.83 Å². The van der Waals surface area contributed by atoms with Gasteiger partial charge in [-0.1, -0.05) is 46.6 Å². The summed E-state index contributed by atoms with van der Waals surface area (Å²) in [5.74, 6) is 0.273. The highest BCUT2D eigenvalue weighted by atomic mass is 79.9. The van der Waals surface area contributed by atoms with Crippen molar-refractivity contribution in [1.29, 1.82) is 0 Å². The fraction of sp³-hybridized carbons (Fsp3) is 0.462. The second kappa shape index (κ2) is 5.45. The number of alkyl halides is 1. The summed E-state index contributed by atoms with van der Waals surface area (Å²) >= 11 is 3.44. The first-order valence-corrected chi connectivity index (χ1v) is 6.19. The lowest BCUT2D eigenvalue weighted by Crippen LogP contribution is -2.15. The van der Waals surface area contributed by atoms with Gasteiger partial charge in [0.15, 0.2) is 0 Å². The summed E-state index contributed by atoms with van der Waals surface area (Å²) in [5.41, 5.74) is 3.79. The van der Waals surface area contributed by atoms with E-state index in [9.17, 15) is 4.79 Å². The van der Waals surface area contributed by atoms with Crippen LogP contribution >= 0.6 is 15.9 Å². The lowest BCUT2D eigenvalue weighted by atomic mass is 10.00. The highest BCUT2D eigenvalue weighted by Gasteiger charge is 2.14. The summed E-state index contributed by atoms with van der Waals surface area (Å²) in [6.45, 7) is 6.08. The lowest BCUT2D eigenvalue weighted by molar-refractivity contribution is -0.118. The van der Waals surface area contributed by atoms with E-state index in [1.54, 1.807) is 0 Å². The summed E-state index contributed by atoms with van der Waals surface area (Å²) < 4.78 is 0. The van der Waals surface area contributed by atoms with Gasteiger partial charge in [-0.05, 0) is 31.4 Å². The Balaban J connectivity index is 2.76. The topological polar surface area (TPSA) is 17.1 Å². The quantitative estimate of drug-likeness (QED) is 0.763. The molecular formula is C13H17BrO. The summed E-state index contributed by atoms with van der Waals surface area (Å²) in [5, 5.41) is 0. The Hall–Kier alpha value is -0.630. The molecule has 15 heavy (non-hydrogen) atoms. The molecule has 0 saturated heterocycles. The van der Waals surface area contributed by atoms with Crippen molar-refractivity contribution in [3.63, 3.8) is 0 Å². The van der Waals surface area contributed by atoms with Crippen LogP contribution in [-0.4, -0.2) is 10.6 Å². The molecule has 1 nitrogen and oxygen atoms in total. The molecule has 2 heteroatoms. The van der Waals surface area contributed by atoms with Gasteiger partial charge in [-0.3, -0.25) is 4.79 Å². The number of hydrogen-bond donors (Lipinski definition) is 0. The molecule has 0 bridgehead atoms. The van der Waals surface area contributed by atoms with Crippen molar-refractivity contribution < 1.29 is 4.79 Å². The molecule has 1 atom stereocenters. The minimum atomic E-state index is -0.0380. The van der Waals surface area contributed by atoms with Crippen molar-refractivity contribution in [2.75, 3.05) is 0 Å². The predicted molar refractivity (Wildman–Crippen MR) is 67.6 cm³/mol. The highest BCUT2D eigenvalue weighted by Crippen LogP contribution is 2.17. The standard InChI is InChI=1S/C13H17BrO/c1-4-13(15)12(14)8-11-6-5-9(2)7-10(11)3/h5-7,12H,4,8H2,1-3H3. The molecule has 1 aromatic rings. The molecule has 0 radical (unpaired) electrons. The maximum absolute atomic E-state index is 11.4. The van der Waals surface area contributed by atoms with Gasteiger partial charge in [0.2, 0.25) is 0 Å². The van der Waals surface area contributed by atoms with Gasteiger partial charge in [0.1, 0.15) is 5.78 Å². The SMILES string of the molecule is CCC(=O)C(Br)Cc1ccc(C)cc1C. The van der Waals surface area contributed by atoms with Gasteiger partial charge >= 0.3 is 0 Å². The molecule has 0 spiro atoms. The Labute approximate surface area is 100 Å². The van der Waals surface area contributed by atoms with Gasteiger partial charge < -0.3 is 0 Å². The van der Waals surface area contributed by atoms with Crippen LogP contribution < -0.4 is 0 Å². The van der Waals surface area contributed by atoms with Crippen molar-refractivity contribution in [2.45, 2.75) is 38.4 Å². The summed E-state index contributed by atoms with van der Waals surface area (Å²) in [6, 6.07) is 6.37. The van der Waals surface area contributed by atoms with E-state index in [2.05, 4.69) is 48.0 Å². The average Bonchev–Trinajstić information content (AvgIpc) is 2.20. The fourth-order valence-electron chi connectivity index (χ4n) is 1.60. The monoisotopic (exact) mass is 268 g/mol.